The summed E-state index contributed by atoms with van der Waals surface area (Å²) in [4.78, 5) is 11.9. The molecule has 116 valence electrons. The molecule has 0 fully saturated rings. The Kier molecular flexibility index (Phi) is 4.78. The van der Waals surface area contributed by atoms with E-state index in [2.05, 4.69) is 0 Å². The van der Waals surface area contributed by atoms with Crippen LogP contribution >= 0.6 is 10.7 Å². The highest BCUT2D eigenvalue weighted by molar-refractivity contribution is 8.13. The van der Waals surface area contributed by atoms with E-state index in [4.69, 9.17) is 20.2 Å². The number of benzene rings is 1. The van der Waals surface area contributed by atoms with Gasteiger partial charge in [-0.25, -0.2) is 13.2 Å². The van der Waals surface area contributed by atoms with Gasteiger partial charge >= 0.3 is 5.97 Å². The number of carbonyl (C=O) groups is 1. The van der Waals surface area contributed by atoms with Crippen LogP contribution in [0.1, 0.15) is 25.8 Å². The summed E-state index contributed by atoms with van der Waals surface area (Å²) >= 11 is 0. The largest absolute Gasteiger partial charge is 0.478 e. The van der Waals surface area contributed by atoms with E-state index in [0.717, 1.165) is 6.42 Å². The van der Waals surface area contributed by atoms with Crippen molar-refractivity contribution in [2.24, 2.45) is 5.92 Å². The van der Waals surface area contributed by atoms with E-state index in [1.54, 1.807) is 0 Å². The maximum atomic E-state index is 11.9. The predicted molar refractivity (Wildman–Crippen MR) is 78.0 cm³/mol. The standard InChI is InChI=1S/C14H17ClO5S/c1-9(2)5-6-19-14(16)13-8-10-7-11(21(15,17)18)3-4-12(10)20-13/h3-4,7,9,13H,5-6,8H2,1-2H3. The van der Waals surface area contributed by atoms with E-state index < -0.39 is 21.1 Å². The lowest BCUT2D eigenvalue weighted by molar-refractivity contribution is -0.151. The molecule has 0 aliphatic carbocycles. The van der Waals surface area contributed by atoms with Gasteiger partial charge in [-0.1, -0.05) is 13.8 Å². The summed E-state index contributed by atoms with van der Waals surface area (Å²) in [6.07, 6.45) is 0.358. The van der Waals surface area contributed by atoms with Crippen molar-refractivity contribution in [2.75, 3.05) is 6.61 Å². The first-order valence-corrected chi connectivity index (χ1v) is 8.99. The van der Waals surface area contributed by atoms with E-state index >= 15 is 0 Å². The van der Waals surface area contributed by atoms with Crippen molar-refractivity contribution >= 4 is 25.7 Å². The normalized spacial score (nSPS) is 17.4. The first-order chi connectivity index (χ1) is 9.77. The smallest absolute Gasteiger partial charge is 0.347 e. The van der Waals surface area contributed by atoms with Crippen molar-refractivity contribution in [1.82, 2.24) is 0 Å². The minimum absolute atomic E-state index is 0.000316. The van der Waals surface area contributed by atoms with E-state index in [-0.39, 0.29) is 11.3 Å². The second-order valence-electron chi connectivity index (χ2n) is 5.37. The number of halogens is 1. The molecule has 7 heteroatoms. The molecule has 0 amide bonds. The van der Waals surface area contributed by atoms with Crippen molar-refractivity contribution in [2.45, 2.75) is 37.7 Å². The topological polar surface area (TPSA) is 69.7 Å². The highest BCUT2D eigenvalue weighted by atomic mass is 35.7. The van der Waals surface area contributed by atoms with Gasteiger partial charge in [-0.3, -0.25) is 0 Å². The lowest BCUT2D eigenvalue weighted by Gasteiger charge is -2.11. The summed E-state index contributed by atoms with van der Waals surface area (Å²) in [6, 6.07) is 4.29. The minimum atomic E-state index is -3.79. The Morgan fingerprint density at radius 1 is 1.48 bits per heavy atom. The van der Waals surface area contributed by atoms with E-state index in [0.29, 0.717) is 23.8 Å². The van der Waals surface area contributed by atoms with Gasteiger partial charge in [0.1, 0.15) is 5.75 Å². The molecular weight excluding hydrogens is 316 g/mol. The lowest BCUT2D eigenvalue weighted by atomic mass is 10.1. The molecule has 5 nitrogen and oxygen atoms in total. The molecule has 1 heterocycles. The molecule has 0 saturated carbocycles. The zero-order valence-corrected chi connectivity index (χ0v) is 13.4. The van der Waals surface area contributed by atoms with Crippen molar-refractivity contribution in [3.05, 3.63) is 23.8 Å². The molecular formula is C14H17ClO5S. The van der Waals surface area contributed by atoms with Gasteiger partial charge < -0.3 is 9.47 Å². The van der Waals surface area contributed by atoms with Crippen LogP contribution < -0.4 is 4.74 Å². The number of esters is 1. The second-order valence-corrected chi connectivity index (χ2v) is 7.93. The maximum absolute atomic E-state index is 11.9. The lowest BCUT2D eigenvalue weighted by Crippen LogP contribution is -2.28. The molecule has 0 radical (unpaired) electrons. The molecule has 1 aliphatic rings. The number of hydrogen-bond donors (Lipinski definition) is 0. The van der Waals surface area contributed by atoms with E-state index in [1.807, 2.05) is 13.8 Å². The number of fused-ring (bicyclic) bond motifs is 1. The van der Waals surface area contributed by atoms with Gasteiger partial charge in [0, 0.05) is 17.1 Å². The molecule has 0 bridgehead atoms. The average molecular weight is 333 g/mol. The number of ether oxygens (including phenoxy) is 2. The van der Waals surface area contributed by atoms with Crippen molar-refractivity contribution in [3.63, 3.8) is 0 Å². The van der Waals surface area contributed by atoms with Gasteiger partial charge in [0.2, 0.25) is 0 Å². The summed E-state index contributed by atoms with van der Waals surface area (Å²) in [5.41, 5.74) is 0.641. The third-order valence-electron chi connectivity index (χ3n) is 3.19. The number of carbonyl (C=O) groups excluding carboxylic acids is 1. The summed E-state index contributed by atoms with van der Waals surface area (Å²) in [5, 5.41) is 0. The molecule has 0 aromatic heterocycles. The summed E-state index contributed by atoms with van der Waals surface area (Å²) in [5.74, 6) is 0.517. The fraction of sp³-hybridized carbons (Fsp3) is 0.500. The summed E-state index contributed by atoms with van der Waals surface area (Å²) < 4.78 is 33.2. The Morgan fingerprint density at radius 3 is 2.81 bits per heavy atom. The zero-order valence-electron chi connectivity index (χ0n) is 11.8. The van der Waals surface area contributed by atoms with E-state index in [9.17, 15) is 13.2 Å². The third-order valence-corrected chi connectivity index (χ3v) is 4.54. The fourth-order valence-corrected chi connectivity index (χ4v) is 2.80. The van der Waals surface area contributed by atoms with Gasteiger partial charge in [0.15, 0.2) is 6.10 Å². The Morgan fingerprint density at radius 2 is 2.19 bits per heavy atom. The van der Waals surface area contributed by atoms with Crippen LogP contribution in [0, 0.1) is 5.92 Å². The van der Waals surface area contributed by atoms with Crippen LogP contribution in [0.2, 0.25) is 0 Å². The van der Waals surface area contributed by atoms with Crippen LogP contribution in [0.5, 0.6) is 5.75 Å². The predicted octanol–water partition coefficient (Wildman–Crippen LogP) is 2.51. The maximum Gasteiger partial charge on any atom is 0.347 e. The van der Waals surface area contributed by atoms with Crippen LogP contribution in [-0.4, -0.2) is 27.1 Å². The first kappa shape index (κ1) is 16.1. The molecule has 0 N–H and O–H groups in total. The Hall–Kier alpha value is -1.27. The molecule has 21 heavy (non-hydrogen) atoms. The molecule has 1 aromatic rings. The molecule has 1 aliphatic heterocycles. The molecule has 2 rings (SSSR count). The Bertz CT molecular complexity index is 639. The molecule has 1 atom stereocenters. The van der Waals surface area contributed by atoms with Gasteiger partial charge in [-0.15, -0.1) is 0 Å². The van der Waals surface area contributed by atoms with Crippen LogP contribution in [0.25, 0.3) is 0 Å². The second kappa shape index (κ2) is 6.23. The first-order valence-electron chi connectivity index (χ1n) is 6.68. The van der Waals surface area contributed by atoms with Crippen LogP contribution in [0.4, 0.5) is 0 Å². The SMILES string of the molecule is CC(C)CCOC(=O)C1Cc2cc(S(=O)(=O)Cl)ccc2O1. The molecule has 0 spiro atoms. The average Bonchev–Trinajstić information content (AvgIpc) is 2.79. The van der Waals surface area contributed by atoms with Gasteiger partial charge in [0.05, 0.1) is 11.5 Å². The molecule has 1 aromatic carbocycles. The van der Waals surface area contributed by atoms with Crippen LogP contribution in [0.3, 0.4) is 0 Å². The Labute approximate surface area is 128 Å². The highest BCUT2D eigenvalue weighted by Crippen LogP contribution is 2.32. The van der Waals surface area contributed by atoms with Gasteiger partial charge in [0.25, 0.3) is 9.05 Å². The Balaban J connectivity index is 2.01. The molecule has 0 saturated heterocycles. The summed E-state index contributed by atoms with van der Waals surface area (Å²) in [7, 11) is 1.51. The van der Waals surface area contributed by atoms with Crippen LogP contribution in [0.15, 0.2) is 23.1 Å². The molecule has 1 unspecified atom stereocenters. The number of rotatable bonds is 5. The minimum Gasteiger partial charge on any atom is -0.478 e. The quantitative estimate of drug-likeness (QED) is 0.612. The fourth-order valence-electron chi connectivity index (χ4n) is 2.00. The van der Waals surface area contributed by atoms with Crippen molar-refractivity contribution < 1.29 is 22.7 Å². The third kappa shape index (κ3) is 4.11. The summed E-state index contributed by atoms with van der Waals surface area (Å²) in [6.45, 7) is 4.45. The van der Waals surface area contributed by atoms with Gasteiger partial charge in [-0.2, -0.15) is 0 Å². The van der Waals surface area contributed by atoms with Crippen molar-refractivity contribution in [1.29, 1.82) is 0 Å². The van der Waals surface area contributed by atoms with Gasteiger partial charge in [-0.05, 0) is 36.1 Å². The van der Waals surface area contributed by atoms with E-state index in [1.165, 1.54) is 18.2 Å². The monoisotopic (exact) mass is 332 g/mol. The highest BCUT2D eigenvalue weighted by Gasteiger charge is 2.31. The zero-order chi connectivity index (χ0) is 15.6. The van der Waals surface area contributed by atoms with Crippen LogP contribution in [-0.2, 0) is 25.0 Å². The number of hydrogen-bond acceptors (Lipinski definition) is 5. The van der Waals surface area contributed by atoms with Crippen molar-refractivity contribution in [3.8, 4) is 5.75 Å².